The Balaban J connectivity index is 2.48. The first-order valence-electron chi connectivity index (χ1n) is 4.00. The van der Waals surface area contributed by atoms with Gasteiger partial charge in [-0.15, -0.1) is 11.3 Å². The van der Waals surface area contributed by atoms with E-state index in [1.807, 2.05) is 25.1 Å². The third kappa shape index (κ3) is 1.73. The average Bonchev–Trinajstić information content (AvgIpc) is 2.44. The van der Waals surface area contributed by atoms with Crippen LogP contribution < -0.4 is 4.74 Å². The van der Waals surface area contributed by atoms with E-state index < -0.39 is 0 Å². The maximum Gasteiger partial charge on any atom is 0.181 e. The monoisotopic (exact) mass is 210 g/mol. The van der Waals surface area contributed by atoms with Gasteiger partial charge in [-0.05, 0) is 37.8 Å². The molecule has 4 heteroatoms. The standard InChI is InChI=1S/C9H8NOS2/c1-2-11-6-3-4-7-8(5-6)13-9(12)10-7/h3-5H,2H2,1H3. The zero-order valence-corrected chi connectivity index (χ0v) is 8.74. The highest BCUT2D eigenvalue weighted by atomic mass is 32.2. The Morgan fingerprint density at radius 3 is 3.15 bits per heavy atom. The molecule has 0 aliphatic carbocycles. The first kappa shape index (κ1) is 8.72. The molecule has 13 heavy (non-hydrogen) atoms. The van der Waals surface area contributed by atoms with E-state index in [4.69, 9.17) is 17.4 Å². The first-order valence-corrected chi connectivity index (χ1v) is 5.22. The highest BCUT2D eigenvalue weighted by molar-refractivity contribution is 7.82. The predicted octanol–water partition coefficient (Wildman–Crippen LogP) is 3.25. The topological polar surface area (TPSA) is 22.1 Å². The second-order valence-electron chi connectivity index (χ2n) is 2.54. The van der Waals surface area contributed by atoms with E-state index in [2.05, 4.69) is 4.98 Å². The molecule has 1 heterocycles. The van der Waals surface area contributed by atoms with Crippen LogP contribution in [0.3, 0.4) is 0 Å². The van der Waals surface area contributed by atoms with Crippen LogP contribution in [-0.2, 0) is 0 Å². The van der Waals surface area contributed by atoms with Crippen LogP contribution in [0.4, 0.5) is 0 Å². The fourth-order valence-electron chi connectivity index (χ4n) is 1.14. The summed E-state index contributed by atoms with van der Waals surface area (Å²) in [6, 6.07) is 5.83. The highest BCUT2D eigenvalue weighted by Gasteiger charge is 2.02. The summed E-state index contributed by atoms with van der Waals surface area (Å²) < 4.78 is 7.15. The molecule has 0 amide bonds. The number of rotatable bonds is 2. The zero-order valence-electron chi connectivity index (χ0n) is 7.11. The molecule has 0 aliphatic rings. The summed E-state index contributed by atoms with van der Waals surface area (Å²) in [4.78, 5) is 4.19. The normalized spacial score (nSPS) is 10.5. The Morgan fingerprint density at radius 2 is 2.38 bits per heavy atom. The fourth-order valence-corrected chi connectivity index (χ4v) is 2.23. The third-order valence-electron chi connectivity index (χ3n) is 1.65. The Morgan fingerprint density at radius 1 is 1.54 bits per heavy atom. The van der Waals surface area contributed by atoms with E-state index >= 15 is 0 Å². The largest absolute Gasteiger partial charge is 0.494 e. The van der Waals surface area contributed by atoms with Crippen LogP contribution in [0.5, 0.6) is 5.75 Å². The lowest BCUT2D eigenvalue weighted by atomic mass is 10.3. The summed E-state index contributed by atoms with van der Waals surface area (Å²) in [6.45, 7) is 2.65. The Kier molecular flexibility index (Phi) is 2.33. The maximum atomic E-state index is 5.37. The zero-order chi connectivity index (χ0) is 9.26. The molecule has 0 fully saturated rings. The van der Waals surface area contributed by atoms with Gasteiger partial charge in [0.15, 0.2) is 4.34 Å². The van der Waals surface area contributed by atoms with Crippen molar-refractivity contribution >= 4 is 34.2 Å². The van der Waals surface area contributed by atoms with E-state index in [9.17, 15) is 0 Å². The number of hydrogen-bond acceptors (Lipinski definition) is 3. The van der Waals surface area contributed by atoms with Crippen molar-refractivity contribution in [3.05, 3.63) is 18.2 Å². The van der Waals surface area contributed by atoms with Crippen LogP contribution in [0.1, 0.15) is 6.92 Å². The minimum atomic E-state index is 0.684. The Hall–Kier alpha value is -0.870. The molecule has 0 bridgehead atoms. The molecule has 0 aliphatic heterocycles. The number of hydrogen-bond donors (Lipinski definition) is 0. The van der Waals surface area contributed by atoms with Gasteiger partial charge in [0.05, 0.1) is 16.8 Å². The van der Waals surface area contributed by atoms with Crippen molar-refractivity contribution in [2.45, 2.75) is 11.3 Å². The van der Waals surface area contributed by atoms with E-state index in [-0.39, 0.29) is 0 Å². The van der Waals surface area contributed by atoms with Crippen LogP contribution in [0.25, 0.3) is 10.2 Å². The van der Waals surface area contributed by atoms with Gasteiger partial charge in [0.1, 0.15) is 5.75 Å². The molecule has 1 aromatic heterocycles. The number of fused-ring (bicyclic) bond motifs is 1. The molecule has 0 atom stereocenters. The van der Waals surface area contributed by atoms with Crippen LogP contribution >= 0.6 is 24.0 Å². The second-order valence-corrected chi connectivity index (χ2v) is 4.22. The van der Waals surface area contributed by atoms with E-state index in [1.54, 1.807) is 0 Å². The van der Waals surface area contributed by atoms with Crippen molar-refractivity contribution in [1.82, 2.24) is 4.98 Å². The van der Waals surface area contributed by atoms with Crippen LogP contribution in [-0.4, -0.2) is 11.6 Å². The molecule has 0 N–H and O–H groups in total. The smallest absolute Gasteiger partial charge is 0.181 e. The van der Waals surface area contributed by atoms with Gasteiger partial charge >= 0.3 is 0 Å². The average molecular weight is 210 g/mol. The number of ether oxygens (including phenoxy) is 1. The molecule has 2 aromatic rings. The van der Waals surface area contributed by atoms with Crippen molar-refractivity contribution in [2.24, 2.45) is 0 Å². The Bertz CT molecular complexity index is 424. The lowest BCUT2D eigenvalue weighted by Gasteiger charge is -2.00. The van der Waals surface area contributed by atoms with Crippen LogP contribution in [0.2, 0.25) is 0 Å². The molecule has 1 radical (unpaired) electrons. The van der Waals surface area contributed by atoms with Crippen molar-refractivity contribution in [3.63, 3.8) is 0 Å². The third-order valence-corrected chi connectivity index (χ3v) is 2.81. The summed E-state index contributed by atoms with van der Waals surface area (Å²) in [6.07, 6.45) is 0. The molecule has 1 aromatic carbocycles. The highest BCUT2D eigenvalue weighted by Crippen LogP contribution is 2.27. The van der Waals surface area contributed by atoms with Gasteiger partial charge in [-0.2, -0.15) is 0 Å². The van der Waals surface area contributed by atoms with Gasteiger partial charge in [-0.1, -0.05) is 0 Å². The van der Waals surface area contributed by atoms with Gasteiger partial charge in [-0.3, -0.25) is 0 Å². The molecule has 67 valence electrons. The van der Waals surface area contributed by atoms with E-state index in [0.29, 0.717) is 10.9 Å². The molecular weight excluding hydrogens is 202 g/mol. The molecule has 0 spiro atoms. The summed E-state index contributed by atoms with van der Waals surface area (Å²) in [5.74, 6) is 0.883. The van der Waals surface area contributed by atoms with Crippen LogP contribution in [0, 0.1) is 0 Å². The SMILES string of the molecule is CCOc1ccc2nc([S])sc2c1. The summed E-state index contributed by atoms with van der Waals surface area (Å²) >= 11 is 6.50. The lowest BCUT2D eigenvalue weighted by molar-refractivity contribution is 0.341. The van der Waals surface area contributed by atoms with Crippen molar-refractivity contribution < 1.29 is 4.74 Å². The fraction of sp³-hybridized carbons (Fsp3) is 0.222. The Labute approximate surface area is 86.0 Å². The van der Waals surface area contributed by atoms with Gasteiger partial charge in [0, 0.05) is 0 Å². The van der Waals surface area contributed by atoms with Gasteiger partial charge in [0.25, 0.3) is 0 Å². The minimum Gasteiger partial charge on any atom is -0.494 e. The summed E-state index contributed by atoms with van der Waals surface area (Å²) in [5, 5.41) is 0. The molecule has 2 nitrogen and oxygen atoms in total. The number of nitrogens with zero attached hydrogens (tertiary/aromatic N) is 1. The quantitative estimate of drug-likeness (QED) is 0.759. The molecule has 2 rings (SSSR count). The number of thiazole rings is 1. The van der Waals surface area contributed by atoms with Crippen LogP contribution in [0.15, 0.2) is 22.5 Å². The molecule has 0 saturated heterocycles. The lowest BCUT2D eigenvalue weighted by Crippen LogP contribution is -1.89. The van der Waals surface area contributed by atoms with Crippen molar-refractivity contribution in [1.29, 1.82) is 0 Å². The van der Waals surface area contributed by atoms with Crippen molar-refractivity contribution in [2.75, 3.05) is 6.61 Å². The molecular formula is C9H8NOS2. The van der Waals surface area contributed by atoms with Gasteiger partial charge in [0.2, 0.25) is 0 Å². The van der Waals surface area contributed by atoms with Gasteiger partial charge in [-0.25, -0.2) is 4.98 Å². The van der Waals surface area contributed by atoms with E-state index in [1.165, 1.54) is 11.3 Å². The number of aromatic nitrogens is 1. The minimum absolute atomic E-state index is 0.684. The molecule has 0 saturated carbocycles. The molecule has 0 unspecified atom stereocenters. The van der Waals surface area contributed by atoms with E-state index in [0.717, 1.165) is 16.0 Å². The summed E-state index contributed by atoms with van der Waals surface area (Å²) in [7, 11) is 0. The van der Waals surface area contributed by atoms with Gasteiger partial charge < -0.3 is 4.74 Å². The second kappa shape index (κ2) is 3.47. The summed E-state index contributed by atoms with van der Waals surface area (Å²) in [5.41, 5.74) is 0.957. The van der Waals surface area contributed by atoms with Crippen molar-refractivity contribution in [3.8, 4) is 5.75 Å². The predicted molar refractivity (Wildman–Crippen MR) is 56.6 cm³/mol. The number of benzene rings is 1. The first-order chi connectivity index (χ1) is 6.29. The maximum absolute atomic E-state index is 5.37.